The molecule has 1 fully saturated rings. The van der Waals surface area contributed by atoms with Gasteiger partial charge in [0.15, 0.2) is 18.1 Å². The number of barbiturate groups is 1. The Balaban J connectivity index is 1.53. The third-order valence-corrected chi connectivity index (χ3v) is 5.69. The molecule has 4 rings (SSSR count). The average Bonchev–Trinajstić information content (AvgIpc) is 2.92. The van der Waals surface area contributed by atoms with E-state index < -0.39 is 22.8 Å². The van der Waals surface area contributed by atoms with Crippen molar-refractivity contribution in [2.45, 2.75) is 13.8 Å². The fourth-order valence-corrected chi connectivity index (χ4v) is 3.76. The monoisotopic (exact) mass is 544 g/mol. The number of amides is 5. The van der Waals surface area contributed by atoms with Gasteiger partial charge >= 0.3 is 6.03 Å². The van der Waals surface area contributed by atoms with Crippen molar-refractivity contribution in [1.29, 1.82) is 0 Å². The van der Waals surface area contributed by atoms with E-state index in [1.807, 2.05) is 19.1 Å². The first-order chi connectivity index (χ1) is 19.2. The Kier molecular flexibility index (Phi) is 8.19. The van der Waals surface area contributed by atoms with Crippen LogP contribution in [0.15, 0.2) is 72.3 Å². The lowest BCUT2D eigenvalue weighted by Gasteiger charge is -2.26. The molecule has 3 aromatic carbocycles. The number of non-ortho nitro benzene ring substituents is 1. The number of nitro groups is 1. The predicted octanol–water partition coefficient (Wildman–Crippen LogP) is 3.99. The summed E-state index contributed by atoms with van der Waals surface area (Å²) in [4.78, 5) is 61.4. The minimum absolute atomic E-state index is 0.0502. The van der Waals surface area contributed by atoms with Gasteiger partial charge in [0, 0.05) is 17.8 Å². The third-order valence-electron chi connectivity index (χ3n) is 5.69. The van der Waals surface area contributed by atoms with Crippen LogP contribution in [0.2, 0.25) is 0 Å². The zero-order valence-corrected chi connectivity index (χ0v) is 21.5. The number of nitro benzene ring substituents is 1. The Hall–Kier alpha value is -5.52. The summed E-state index contributed by atoms with van der Waals surface area (Å²) in [6, 6.07) is 15.7. The second-order valence-corrected chi connectivity index (χ2v) is 8.57. The molecule has 0 radical (unpaired) electrons. The lowest BCUT2D eigenvalue weighted by atomic mass is 10.1. The van der Waals surface area contributed by atoms with Crippen molar-refractivity contribution in [2.24, 2.45) is 0 Å². The number of ether oxygens (including phenoxy) is 2. The number of carbonyl (C=O) groups is 4. The molecule has 5 amide bonds. The van der Waals surface area contributed by atoms with E-state index in [2.05, 4.69) is 10.6 Å². The number of imide groups is 2. The molecule has 0 bridgehead atoms. The molecule has 1 aliphatic rings. The summed E-state index contributed by atoms with van der Waals surface area (Å²) in [6.45, 7) is 3.68. The van der Waals surface area contributed by atoms with Crippen LogP contribution in [0.3, 0.4) is 0 Å². The molecule has 1 aliphatic heterocycles. The second-order valence-electron chi connectivity index (χ2n) is 8.57. The fraction of sp³-hybridized carbons (Fsp3) is 0.143. The average molecular weight is 545 g/mol. The van der Waals surface area contributed by atoms with Gasteiger partial charge in [0.05, 0.1) is 17.2 Å². The Morgan fingerprint density at radius 3 is 2.35 bits per heavy atom. The van der Waals surface area contributed by atoms with Crippen molar-refractivity contribution < 1.29 is 33.6 Å². The number of urea groups is 1. The highest BCUT2D eigenvalue weighted by Crippen LogP contribution is 2.30. The molecule has 0 atom stereocenters. The van der Waals surface area contributed by atoms with Gasteiger partial charge in [-0.1, -0.05) is 23.8 Å². The van der Waals surface area contributed by atoms with Gasteiger partial charge in [0.2, 0.25) is 0 Å². The zero-order valence-electron chi connectivity index (χ0n) is 21.5. The molecule has 0 unspecified atom stereocenters. The molecule has 0 spiro atoms. The Morgan fingerprint density at radius 2 is 1.70 bits per heavy atom. The van der Waals surface area contributed by atoms with Gasteiger partial charge in [0.1, 0.15) is 5.57 Å². The number of aryl methyl sites for hydroxylation is 1. The smallest absolute Gasteiger partial charge is 0.335 e. The first-order valence-corrected chi connectivity index (χ1v) is 12.1. The van der Waals surface area contributed by atoms with Gasteiger partial charge in [0.25, 0.3) is 23.4 Å². The van der Waals surface area contributed by atoms with Gasteiger partial charge in [-0.25, -0.2) is 9.69 Å². The summed E-state index contributed by atoms with van der Waals surface area (Å²) in [5.41, 5.74) is 1.56. The summed E-state index contributed by atoms with van der Waals surface area (Å²) in [7, 11) is 0. The van der Waals surface area contributed by atoms with E-state index in [0.29, 0.717) is 16.2 Å². The maximum absolute atomic E-state index is 13.1. The maximum atomic E-state index is 13.1. The van der Waals surface area contributed by atoms with Crippen LogP contribution >= 0.6 is 0 Å². The second kappa shape index (κ2) is 11.9. The maximum Gasteiger partial charge on any atom is 0.335 e. The molecule has 2 N–H and O–H groups in total. The number of nitrogens with one attached hydrogen (secondary N) is 2. The Labute approximate surface area is 228 Å². The zero-order chi connectivity index (χ0) is 28.8. The molecule has 12 heteroatoms. The van der Waals surface area contributed by atoms with Crippen molar-refractivity contribution in [1.82, 2.24) is 5.32 Å². The topological polar surface area (TPSA) is 157 Å². The summed E-state index contributed by atoms with van der Waals surface area (Å²) in [5.74, 6) is -1.65. The van der Waals surface area contributed by atoms with Crippen molar-refractivity contribution in [3.63, 3.8) is 0 Å². The van der Waals surface area contributed by atoms with Gasteiger partial charge in [-0.15, -0.1) is 0 Å². The summed E-state index contributed by atoms with van der Waals surface area (Å²) in [5, 5.41) is 15.8. The Morgan fingerprint density at radius 1 is 1.00 bits per heavy atom. The molecular weight excluding hydrogens is 520 g/mol. The molecule has 40 heavy (non-hydrogen) atoms. The number of rotatable bonds is 9. The third kappa shape index (κ3) is 6.30. The quantitative estimate of drug-likeness (QED) is 0.177. The molecule has 3 aromatic rings. The van der Waals surface area contributed by atoms with Crippen molar-refractivity contribution >= 4 is 46.9 Å². The van der Waals surface area contributed by atoms with Crippen LogP contribution in [0, 0.1) is 17.0 Å². The standard InChI is InChI=1S/C28H24N4O8/c1-3-39-24-15-18(6-13-23(24)40-16-25(33)29-19-7-4-17(2)5-8-19)14-22-26(34)30-28(36)31(27(22)35)20-9-11-21(12-10-20)32(37)38/h4-15H,3,16H2,1-2H3,(H,29,33)(H,30,34,36)/b22-14+. The minimum Gasteiger partial charge on any atom is -0.490 e. The number of hydrogen-bond acceptors (Lipinski definition) is 8. The van der Waals surface area contributed by atoms with E-state index in [-0.39, 0.29) is 47.6 Å². The number of carbonyl (C=O) groups excluding carboxylic acids is 4. The van der Waals surface area contributed by atoms with E-state index >= 15 is 0 Å². The normalized spacial score (nSPS) is 14.1. The van der Waals surface area contributed by atoms with E-state index in [0.717, 1.165) is 17.7 Å². The van der Waals surface area contributed by atoms with E-state index in [4.69, 9.17) is 9.47 Å². The van der Waals surface area contributed by atoms with E-state index in [1.165, 1.54) is 30.3 Å². The molecule has 0 aromatic heterocycles. The van der Waals surface area contributed by atoms with Crippen LogP contribution in [-0.2, 0) is 14.4 Å². The number of anilines is 2. The molecular formula is C28H24N4O8. The summed E-state index contributed by atoms with van der Waals surface area (Å²) in [6.07, 6.45) is 1.28. The minimum atomic E-state index is -0.983. The van der Waals surface area contributed by atoms with Gasteiger partial charge < -0.3 is 14.8 Å². The number of nitrogens with zero attached hydrogens (tertiary/aromatic N) is 2. The molecule has 0 aliphatic carbocycles. The highest BCUT2D eigenvalue weighted by molar-refractivity contribution is 6.39. The largest absolute Gasteiger partial charge is 0.490 e. The van der Waals surface area contributed by atoms with Crippen molar-refractivity contribution in [3.05, 3.63) is 93.5 Å². The van der Waals surface area contributed by atoms with Crippen LogP contribution in [0.25, 0.3) is 6.08 Å². The highest BCUT2D eigenvalue weighted by Gasteiger charge is 2.37. The highest BCUT2D eigenvalue weighted by atomic mass is 16.6. The lowest BCUT2D eigenvalue weighted by molar-refractivity contribution is -0.384. The molecule has 0 saturated carbocycles. The van der Waals surface area contributed by atoms with Crippen molar-refractivity contribution in [2.75, 3.05) is 23.4 Å². The van der Waals surface area contributed by atoms with Crippen molar-refractivity contribution in [3.8, 4) is 11.5 Å². The fourth-order valence-electron chi connectivity index (χ4n) is 3.76. The SMILES string of the molecule is CCOc1cc(/C=C2\C(=O)NC(=O)N(c3ccc([N+](=O)[O-])cc3)C2=O)ccc1OCC(=O)Nc1ccc(C)cc1. The van der Waals surface area contributed by atoms with Gasteiger partial charge in [-0.2, -0.15) is 0 Å². The van der Waals surface area contributed by atoms with Crippen LogP contribution in [0.1, 0.15) is 18.1 Å². The van der Waals surface area contributed by atoms with E-state index in [1.54, 1.807) is 25.1 Å². The molecule has 1 saturated heterocycles. The molecule has 1 heterocycles. The summed E-state index contributed by atoms with van der Waals surface area (Å²) >= 11 is 0. The van der Waals surface area contributed by atoms with E-state index in [9.17, 15) is 29.3 Å². The predicted molar refractivity (Wildman–Crippen MR) is 145 cm³/mol. The van der Waals surface area contributed by atoms with Crippen LogP contribution < -0.4 is 25.0 Å². The van der Waals surface area contributed by atoms with Crippen LogP contribution in [0.5, 0.6) is 11.5 Å². The first-order valence-electron chi connectivity index (χ1n) is 12.1. The molecule has 204 valence electrons. The summed E-state index contributed by atoms with van der Waals surface area (Å²) < 4.78 is 11.3. The number of benzene rings is 3. The Bertz CT molecular complexity index is 1510. The van der Waals surface area contributed by atoms with Crippen LogP contribution in [0.4, 0.5) is 21.9 Å². The van der Waals surface area contributed by atoms with Gasteiger partial charge in [-0.3, -0.25) is 29.8 Å². The lowest BCUT2D eigenvalue weighted by Crippen LogP contribution is -2.54. The number of hydrogen-bond donors (Lipinski definition) is 2. The molecule has 12 nitrogen and oxygen atoms in total. The van der Waals surface area contributed by atoms with Crippen LogP contribution in [-0.4, -0.2) is 41.9 Å². The van der Waals surface area contributed by atoms with Gasteiger partial charge in [-0.05, 0) is 61.9 Å². The first kappa shape index (κ1) is 27.5.